The van der Waals surface area contributed by atoms with E-state index in [0.717, 1.165) is 30.6 Å². The quantitative estimate of drug-likeness (QED) is 0.862. The van der Waals surface area contributed by atoms with E-state index in [1.807, 2.05) is 31.3 Å². The molecular weight excluding hydrogens is 252 g/mol. The second kappa shape index (κ2) is 6.74. The van der Waals surface area contributed by atoms with Crippen LogP contribution in [-0.2, 0) is 6.42 Å². The summed E-state index contributed by atoms with van der Waals surface area (Å²) < 4.78 is 6.10. The van der Waals surface area contributed by atoms with E-state index < -0.39 is 5.54 Å². The molecule has 2 rings (SSSR count). The van der Waals surface area contributed by atoms with Gasteiger partial charge in [0, 0.05) is 13.0 Å². The van der Waals surface area contributed by atoms with Gasteiger partial charge in [-0.3, -0.25) is 0 Å². The Bertz CT molecular complexity index is 484. The Balaban J connectivity index is 2.08. The van der Waals surface area contributed by atoms with Gasteiger partial charge >= 0.3 is 0 Å². The van der Waals surface area contributed by atoms with E-state index >= 15 is 0 Å². The van der Waals surface area contributed by atoms with E-state index in [2.05, 4.69) is 11.4 Å². The number of nitriles is 1. The first-order valence-electron chi connectivity index (χ1n) is 7.18. The van der Waals surface area contributed by atoms with Crippen molar-refractivity contribution >= 4 is 0 Å². The Labute approximate surface area is 120 Å². The van der Waals surface area contributed by atoms with E-state index in [4.69, 9.17) is 9.84 Å². The zero-order chi connectivity index (χ0) is 14.4. The minimum atomic E-state index is -0.463. The molecule has 1 fully saturated rings. The molecule has 0 saturated heterocycles. The Morgan fingerprint density at radius 1 is 1.50 bits per heavy atom. The number of para-hydroxylation sites is 1. The van der Waals surface area contributed by atoms with Gasteiger partial charge in [-0.05, 0) is 44.4 Å². The molecule has 1 aromatic rings. The minimum Gasteiger partial charge on any atom is -0.490 e. The van der Waals surface area contributed by atoms with Crippen LogP contribution in [0.3, 0.4) is 0 Å². The number of ether oxygens (including phenoxy) is 1. The molecule has 0 bridgehead atoms. The molecule has 108 valence electrons. The number of rotatable bonds is 5. The van der Waals surface area contributed by atoms with Gasteiger partial charge in [0.2, 0.25) is 0 Å². The molecule has 1 aliphatic carbocycles. The molecule has 1 aromatic carbocycles. The van der Waals surface area contributed by atoms with Crippen LogP contribution in [-0.4, -0.2) is 30.4 Å². The Kier molecular flexibility index (Phi) is 4.99. The first-order chi connectivity index (χ1) is 9.73. The molecule has 0 aromatic heterocycles. The van der Waals surface area contributed by atoms with Crippen molar-refractivity contribution in [2.45, 2.75) is 43.7 Å². The summed E-state index contributed by atoms with van der Waals surface area (Å²) in [6, 6.07) is 10.2. The number of aliphatic hydroxyl groups excluding tert-OH is 1. The first-order valence-corrected chi connectivity index (χ1v) is 7.18. The van der Waals surface area contributed by atoms with Crippen LogP contribution in [0.5, 0.6) is 5.75 Å². The van der Waals surface area contributed by atoms with Crippen molar-refractivity contribution in [3.8, 4) is 11.8 Å². The van der Waals surface area contributed by atoms with Crippen molar-refractivity contribution in [2.24, 2.45) is 0 Å². The normalized spacial score (nSPS) is 25.9. The third-order valence-corrected chi connectivity index (χ3v) is 4.05. The number of nitrogens with zero attached hydrogens (tertiary/aromatic N) is 1. The molecule has 1 aliphatic rings. The molecule has 1 saturated carbocycles. The zero-order valence-electron chi connectivity index (χ0n) is 11.9. The highest BCUT2D eigenvalue weighted by Gasteiger charge is 2.36. The van der Waals surface area contributed by atoms with Gasteiger partial charge in [-0.15, -0.1) is 0 Å². The lowest BCUT2D eigenvalue weighted by Gasteiger charge is -2.35. The number of hydrogen-bond donors (Lipinski definition) is 2. The summed E-state index contributed by atoms with van der Waals surface area (Å²) in [5.74, 6) is 0.830. The minimum absolute atomic E-state index is 0.0516. The molecule has 20 heavy (non-hydrogen) atoms. The average Bonchev–Trinajstić information content (AvgIpc) is 2.50. The largest absolute Gasteiger partial charge is 0.490 e. The molecule has 2 N–H and O–H groups in total. The lowest BCUT2D eigenvalue weighted by molar-refractivity contribution is 0.114. The van der Waals surface area contributed by atoms with E-state index in [1.165, 1.54) is 0 Å². The summed E-state index contributed by atoms with van der Waals surface area (Å²) >= 11 is 0. The maximum Gasteiger partial charge on any atom is 0.122 e. The van der Waals surface area contributed by atoms with Gasteiger partial charge in [-0.2, -0.15) is 5.26 Å². The van der Waals surface area contributed by atoms with E-state index in [-0.39, 0.29) is 12.7 Å². The number of nitrogens with one attached hydrogen (secondary N) is 1. The van der Waals surface area contributed by atoms with Crippen LogP contribution >= 0.6 is 0 Å². The van der Waals surface area contributed by atoms with E-state index in [0.29, 0.717) is 12.8 Å². The molecule has 0 amide bonds. The predicted molar refractivity (Wildman–Crippen MR) is 77.5 cm³/mol. The highest BCUT2D eigenvalue weighted by atomic mass is 16.5. The van der Waals surface area contributed by atoms with Crippen LogP contribution in [0.2, 0.25) is 0 Å². The van der Waals surface area contributed by atoms with Crippen molar-refractivity contribution in [3.63, 3.8) is 0 Å². The van der Waals surface area contributed by atoms with Gasteiger partial charge in [0.05, 0.1) is 6.07 Å². The van der Waals surface area contributed by atoms with Crippen molar-refractivity contribution in [1.29, 1.82) is 5.26 Å². The lowest BCUT2D eigenvalue weighted by atomic mass is 9.81. The third-order valence-electron chi connectivity index (χ3n) is 4.05. The highest BCUT2D eigenvalue weighted by Crippen LogP contribution is 2.31. The molecule has 4 nitrogen and oxygen atoms in total. The van der Waals surface area contributed by atoms with Crippen LogP contribution in [0.4, 0.5) is 0 Å². The van der Waals surface area contributed by atoms with Crippen LogP contribution in [0, 0.1) is 11.3 Å². The number of hydrogen-bond acceptors (Lipinski definition) is 4. The summed E-state index contributed by atoms with van der Waals surface area (Å²) in [5, 5.41) is 21.6. The summed E-state index contributed by atoms with van der Waals surface area (Å²) in [6.45, 7) is 0.115. The first kappa shape index (κ1) is 14.8. The van der Waals surface area contributed by atoms with Crippen molar-refractivity contribution in [2.75, 3.05) is 13.7 Å². The maximum absolute atomic E-state index is 9.36. The van der Waals surface area contributed by atoms with Gasteiger partial charge in [-0.1, -0.05) is 18.2 Å². The standard InChI is InChI=1S/C16H22N2O2/c1-18-16(12-17)9-4-6-14(11-16)20-15-7-3-2-5-13(15)8-10-19/h2-3,5,7,14,18-19H,4,6,8-11H2,1H3. The van der Waals surface area contributed by atoms with Crippen molar-refractivity contribution < 1.29 is 9.84 Å². The fourth-order valence-electron chi connectivity index (χ4n) is 2.83. The van der Waals surface area contributed by atoms with Crippen LogP contribution in [0.15, 0.2) is 24.3 Å². The monoisotopic (exact) mass is 274 g/mol. The molecule has 0 aliphatic heterocycles. The van der Waals surface area contributed by atoms with Gasteiger partial charge in [0.1, 0.15) is 17.4 Å². The summed E-state index contributed by atoms with van der Waals surface area (Å²) in [7, 11) is 1.84. The molecule has 0 radical (unpaired) electrons. The zero-order valence-corrected chi connectivity index (χ0v) is 11.9. The molecule has 0 heterocycles. The fraction of sp³-hybridized carbons (Fsp3) is 0.562. The third kappa shape index (κ3) is 3.30. The second-order valence-electron chi connectivity index (χ2n) is 5.36. The van der Waals surface area contributed by atoms with E-state index in [1.54, 1.807) is 0 Å². The predicted octanol–water partition coefficient (Wildman–Crippen LogP) is 2.02. The molecule has 2 unspecified atom stereocenters. The number of aliphatic hydroxyl groups is 1. The van der Waals surface area contributed by atoms with Crippen LogP contribution < -0.4 is 10.1 Å². The Morgan fingerprint density at radius 3 is 3.00 bits per heavy atom. The Hall–Kier alpha value is -1.57. The van der Waals surface area contributed by atoms with E-state index in [9.17, 15) is 5.26 Å². The highest BCUT2D eigenvalue weighted by molar-refractivity contribution is 5.33. The summed E-state index contributed by atoms with van der Waals surface area (Å²) in [4.78, 5) is 0. The maximum atomic E-state index is 9.36. The molecule has 4 heteroatoms. The van der Waals surface area contributed by atoms with Crippen molar-refractivity contribution in [1.82, 2.24) is 5.32 Å². The van der Waals surface area contributed by atoms with Crippen LogP contribution in [0.25, 0.3) is 0 Å². The summed E-state index contributed by atoms with van der Waals surface area (Å²) in [5.41, 5.74) is 0.557. The molecular formula is C16H22N2O2. The average molecular weight is 274 g/mol. The fourth-order valence-corrected chi connectivity index (χ4v) is 2.83. The van der Waals surface area contributed by atoms with Gasteiger partial charge in [0.15, 0.2) is 0 Å². The van der Waals surface area contributed by atoms with Crippen molar-refractivity contribution in [3.05, 3.63) is 29.8 Å². The van der Waals surface area contributed by atoms with Gasteiger partial charge in [-0.25, -0.2) is 0 Å². The van der Waals surface area contributed by atoms with Crippen LogP contribution in [0.1, 0.15) is 31.2 Å². The Morgan fingerprint density at radius 2 is 2.30 bits per heavy atom. The lowest BCUT2D eigenvalue weighted by Crippen LogP contribution is -2.48. The molecule has 0 spiro atoms. The molecule has 2 atom stereocenters. The second-order valence-corrected chi connectivity index (χ2v) is 5.36. The van der Waals surface area contributed by atoms with Gasteiger partial charge < -0.3 is 15.2 Å². The topological polar surface area (TPSA) is 65.3 Å². The SMILES string of the molecule is CNC1(C#N)CCCC(Oc2ccccc2CCO)C1. The number of benzene rings is 1. The van der Waals surface area contributed by atoms with Gasteiger partial charge in [0.25, 0.3) is 0 Å². The summed E-state index contributed by atoms with van der Waals surface area (Å²) in [6.07, 6.45) is 4.18. The smallest absolute Gasteiger partial charge is 0.122 e.